The summed E-state index contributed by atoms with van der Waals surface area (Å²) in [6.07, 6.45) is 0. The number of nitrogens with one attached hydrogen (secondary N) is 2. The maximum Gasteiger partial charge on any atom is 0.251 e. The number of amides is 1. The van der Waals surface area contributed by atoms with Crippen molar-refractivity contribution in [3.63, 3.8) is 0 Å². The van der Waals surface area contributed by atoms with Crippen LogP contribution in [0.15, 0.2) is 58.0 Å². The van der Waals surface area contributed by atoms with Gasteiger partial charge in [0.1, 0.15) is 0 Å². The minimum absolute atomic E-state index is 0. The molecule has 0 unspecified atom stereocenters. The molecule has 0 spiro atoms. The van der Waals surface area contributed by atoms with Gasteiger partial charge in [-0.15, -0.1) is 24.0 Å². The summed E-state index contributed by atoms with van der Waals surface area (Å²) in [4.78, 5) is 16.2. The molecular weight excluding hydrogens is 511 g/mol. The molecule has 0 fully saturated rings. The molecule has 6 nitrogen and oxygen atoms in total. The Bertz CT molecular complexity index is 738. The summed E-state index contributed by atoms with van der Waals surface area (Å²) < 4.78 is 6.08. The van der Waals surface area contributed by atoms with E-state index >= 15 is 0 Å². The van der Waals surface area contributed by atoms with Crippen LogP contribution in [-0.4, -0.2) is 32.1 Å². The molecule has 0 heterocycles. The zero-order valence-corrected chi connectivity index (χ0v) is 18.3. The van der Waals surface area contributed by atoms with Crippen molar-refractivity contribution in [2.75, 3.05) is 25.5 Å². The molecule has 2 aromatic rings. The molecule has 0 aliphatic rings. The predicted molar refractivity (Wildman–Crippen MR) is 119 cm³/mol. The van der Waals surface area contributed by atoms with Gasteiger partial charge in [0.05, 0.1) is 13.2 Å². The van der Waals surface area contributed by atoms with Crippen molar-refractivity contribution in [1.29, 1.82) is 0 Å². The largest absolute Gasteiger partial charge is 0.380 e. The molecule has 8 heteroatoms. The molecule has 2 aromatic carbocycles. The molecule has 0 atom stereocenters. The second-order valence-electron chi connectivity index (χ2n) is 5.24. The van der Waals surface area contributed by atoms with E-state index in [-0.39, 0.29) is 29.9 Å². The van der Waals surface area contributed by atoms with Crippen LogP contribution in [0, 0.1) is 0 Å². The van der Waals surface area contributed by atoms with Crippen LogP contribution >= 0.6 is 39.9 Å². The van der Waals surface area contributed by atoms with Crippen LogP contribution in [0.5, 0.6) is 0 Å². The smallest absolute Gasteiger partial charge is 0.251 e. The number of halogens is 2. The van der Waals surface area contributed by atoms with E-state index < -0.39 is 0 Å². The van der Waals surface area contributed by atoms with E-state index in [0.29, 0.717) is 31.2 Å². The first-order valence-corrected chi connectivity index (χ1v) is 8.57. The van der Waals surface area contributed by atoms with Crippen molar-refractivity contribution in [3.05, 3.63) is 64.1 Å². The lowest BCUT2D eigenvalue weighted by Gasteiger charge is -2.11. The van der Waals surface area contributed by atoms with Crippen molar-refractivity contribution in [1.82, 2.24) is 5.32 Å². The molecule has 0 aliphatic heterocycles. The van der Waals surface area contributed by atoms with Crippen molar-refractivity contribution in [2.45, 2.75) is 6.61 Å². The zero-order valence-electron chi connectivity index (χ0n) is 14.4. The van der Waals surface area contributed by atoms with Gasteiger partial charge in [0.15, 0.2) is 5.96 Å². The summed E-state index contributed by atoms with van der Waals surface area (Å²) in [5, 5.41) is 5.86. The molecule has 0 bridgehead atoms. The topological polar surface area (TPSA) is 88.7 Å². The number of ether oxygens (including phenoxy) is 1. The summed E-state index contributed by atoms with van der Waals surface area (Å²) in [7, 11) is 1.64. The second-order valence-corrected chi connectivity index (χ2v) is 6.16. The van der Waals surface area contributed by atoms with Crippen molar-refractivity contribution >= 4 is 57.5 Å². The van der Waals surface area contributed by atoms with E-state index in [9.17, 15) is 4.79 Å². The van der Waals surface area contributed by atoms with Gasteiger partial charge >= 0.3 is 0 Å². The highest BCUT2D eigenvalue weighted by Crippen LogP contribution is 2.15. The van der Waals surface area contributed by atoms with Crippen LogP contribution in [0.25, 0.3) is 0 Å². The number of benzene rings is 2. The Kier molecular flexibility index (Phi) is 10.2. The number of guanidine groups is 1. The number of carbonyl (C=O) groups is 1. The molecule has 0 aromatic heterocycles. The highest BCUT2D eigenvalue weighted by Gasteiger charge is 2.04. The fourth-order valence-electron chi connectivity index (χ4n) is 2.15. The summed E-state index contributed by atoms with van der Waals surface area (Å²) in [5.74, 6) is 0.154. The van der Waals surface area contributed by atoms with Crippen LogP contribution in [0.4, 0.5) is 5.69 Å². The number of methoxy groups -OCH3 is 1. The van der Waals surface area contributed by atoms with Crippen LogP contribution in [0.3, 0.4) is 0 Å². The van der Waals surface area contributed by atoms with Gasteiger partial charge in [0.2, 0.25) is 0 Å². The number of hydrogen-bond acceptors (Lipinski definition) is 3. The van der Waals surface area contributed by atoms with Gasteiger partial charge in [-0.3, -0.25) is 9.79 Å². The average molecular weight is 533 g/mol. The van der Waals surface area contributed by atoms with Gasteiger partial charge in [-0.2, -0.15) is 0 Å². The molecular formula is C18H22BrIN4O2. The van der Waals surface area contributed by atoms with Crippen LogP contribution in [-0.2, 0) is 11.3 Å². The maximum absolute atomic E-state index is 12.0. The zero-order chi connectivity index (χ0) is 18.1. The number of hydrogen-bond donors (Lipinski definition) is 3. The lowest BCUT2D eigenvalue weighted by molar-refractivity contribution is 0.0955. The molecule has 26 heavy (non-hydrogen) atoms. The number of anilines is 1. The van der Waals surface area contributed by atoms with Crippen LogP contribution in [0.2, 0.25) is 0 Å². The molecule has 0 radical (unpaired) electrons. The Morgan fingerprint density at radius 3 is 2.58 bits per heavy atom. The standard InChI is InChI=1S/C18H21BrN4O2.HI/c1-25-12-14-4-2-3-5-16(14)23-18(20)22-11-10-21-17(24)13-6-8-15(19)9-7-13;/h2-9H,10-12H2,1H3,(H,21,24)(H3,20,22,23);1H. The first kappa shape index (κ1) is 22.4. The number of carbonyl (C=O) groups excluding carboxylic acids is 1. The molecule has 2 rings (SSSR count). The van der Waals surface area contributed by atoms with Crippen molar-refractivity contribution in [2.24, 2.45) is 10.7 Å². The minimum Gasteiger partial charge on any atom is -0.380 e. The van der Waals surface area contributed by atoms with Gasteiger partial charge in [-0.1, -0.05) is 34.1 Å². The van der Waals surface area contributed by atoms with Gasteiger partial charge in [0.25, 0.3) is 5.91 Å². The summed E-state index contributed by atoms with van der Waals surface area (Å²) in [6.45, 7) is 1.27. The number of rotatable bonds is 7. The average Bonchev–Trinajstić information content (AvgIpc) is 2.61. The molecule has 0 saturated heterocycles. The Balaban J connectivity index is 0.00000338. The summed E-state index contributed by atoms with van der Waals surface area (Å²) >= 11 is 3.34. The third kappa shape index (κ3) is 7.30. The minimum atomic E-state index is -0.139. The quantitative estimate of drug-likeness (QED) is 0.221. The van der Waals surface area contributed by atoms with E-state index in [2.05, 4.69) is 31.6 Å². The lowest BCUT2D eigenvalue weighted by atomic mass is 10.2. The molecule has 4 N–H and O–H groups in total. The first-order valence-electron chi connectivity index (χ1n) is 7.77. The third-order valence-corrected chi connectivity index (χ3v) is 3.89. The molecule has 0 saturated carbocycles. The lowest BCUT2D eigenvalue weighted by Crippen LogP contribution is -2.28. The number of aliphatic imine (C=N–C) groups is 1. The molecule has 0 aliphatic carbocycles. The second kappa shape index (κ2) is 11.9. The number of para-hydroxylation sites is 1. The van der Waals surface area contributed by atoms with E-state index in [0.717, 1.165) is 15.7 Å². The summed E-state index contributed by atoms with van der Waals surface area (Å²) in [6, 6.07) is 14.9. The Morgan fingerprint density at radius 2 is 1.88 bits per heavy atom. The Labute approximate surface area is 178 Å². The predicted octanol–water partition coefficient (Wildman–Crippen LogP) is 3.37. The summed E-state index contributed by atoms with van der Waals surface area (Å²) in [5.41, 5.74) is 8.34. The van der Waals surface area contributed by atoms with E-state index in [1.54, 1.807) is 19.2 Å². The van der Waals surface area contributed by atoms with E-state index in [4.69, 9.17) is 10.5 Å². The maximum atomic E-state index is 12.0. The third-order valence-electron chi connectivity index (χ3n) is 3.37. The fraction of sp³-hybridized carbons (Fsp3) is 0.222. The Morgan fingerprint density at radius 1 is 1.19 bits per heavy atom. The first-order chi connectivity index (χ1) is 12.1. The number of nitrogens with two attached hydrogens (primary N) is 1. The van der Waals surface area contributed by atoms with Gasteiger partial charge in [-0.05, 0) is 30.3 Å². The molecule has 140 valence electrons. The SMILES string of the molecule is COCc1ccccc1NC(N)=NCCNC(=O)c1ccc(Br)cc1.I. The van der Waals surface area contributed by atoms with E-state index in [1.807, 2.05) is 36.4 Å². The Hall–Kier alpha value is -1.65. The van der Waals surface area contributed by atoms with Gasteiger partial charge in [0, 0.05) is 34.9 Å². The van der Waals surface area contributed by atoms with Crippen molar-refractivity contribution in [3.8, 4) is 0 Å². The van der Waals surface area contributed by atoms with Crippen LogP contribution < -0.4 is 16.4 Å². The van der Waals surface area contributed by atoms with Crippen LogP contribution in [0.1, 0.15) is 15.9 Å². The highest BCUT2D eigenvalue weighted by molar-refractivity contribution is 14.0. The highest BCUT2D eigenvalue weighted by atomic mass is 127. The molecule has 1 amide bonds. The van der Waals surface area contributed by atoms with E-state index in [1.165, 1.54) is 0 Å². The van der Waals surface area contributed by atoms with Gasteiger partial charge < -0.3 is 21.1 Å². The van der Waals surface area contributed by atoms with Gasteiger partial charge in [-0.25, -0.2) is 0 Å². The monoisotopic (exact) mass is 532 g/mol. The number of nitrogens with zero attached hydrogens (tertiary/aromatic N) is 1. The van der Waals surface area contributed by atoms with Crippen molar-refractivity contribution < 1.29 is 9.53 Å². The normalized spacial score (nSPS) is 10.8. The fourth-order valence-corrected chi connectivity index (χ4v) is 2.41.